The van der Waals surface area contributed by atoms with Gasteiger partial charge in [-0.1, -0.05) is 0 Å². The van der Waals surface area contributed by atoms with Crippen LogP contribution in [0, 0.1) is 0 Å². The minimum Gasteiger partial charge on any atom is -0.497 e. The van der Waals surface area contributed by atoms with Crippen molar-refractivity contribution < 1.29 is 22.7 Å². The molecule has 2 N–H and O–H groups in total. The molecule has 0 radical (unpaired) electrons. The number of sulfonamides is 1. The summed E-state index contributed by atoms with van der Waals surface area (Å²) in [4.78, 5) is 23.7. The van der Waals surface area contributed by atoms with Crippen LogP contribution in [-0.4, -0.2) is 39.6 Å². The number of carbonyl (C=O) groups excluding carboxylic acids is 2. The van der Waals surface area contributed by atoms with Crippen LogP contribution in [-0.2, 0) is 19.6 Å². The normalized spacial score (nSPS) is 12.0. The number of hydrogen-bond acceptors (Lipinski definition) is 5. The van der Waals surface area contributed by atoms with Crippen LogP contribution in [0.1, 0.15) is 13.8 Å². The molecule has 2 aromatic carbocycles. The third kappa shape index (κ3) is 5.46. The Balaban J connectivity index is 2.20. The van der Waals surface area contributed by atoms with E-state index in [9.17, 15) is 18.0 Å². The lowest BCUT2D eigenvalue weighted by molar-refractivity contribution is -0.117. The van der Waals surface area contributed by atoms with E-state index in [0.29, 0.717) is 22.8 Å². The van der Waals surface area contributed by atoms with Gasteiger partial charge >= 0.3 is 0 Å². The lowest BCUT2D eigenvalue weighted by Gasteiger charge is -2.28. The molecule has 0 heterocycles. The highest BCUT2D eigenvalue weighted by Crippen LogP contribution is 2.24. The van der Waals surface area contributed by atoms with Gasteiger partial charge in [-0.25, -0.2) is 8.42 Å². The van der Waals surface area contributed by atoms with Gasteiger partial charge in [0.1, 0.15) is 11.8 Å². The summed E-state index contributed by atoms with van der Waals surface area (Å²) in [7, 11) is -2.20. The van der Waals surface area contributed by atoms with Crippen molar-refractivity contribution in [3.63, 3.8) is 0 Å². The molecule has 2 aromatic rings. The fourth-order valence-corrected chi connectivity index (χ4v) is 3.80. The monoisotopic (exact) mass is 405 g/mol. The lowest BCUT2D eigenvalue weighted by atomic mass is 10.2. The van der Waals surface area contributed by atoms with Crippen molar-refractivity contribution in [3.05, 3.63) is 48.5 Å². The van der Waals surface area contributed by atoms with E-state index in [1.807, 2.05) is 0 Å². The maximum Gasteiger partial charge on any atom is 0.247 e. The van der Waals surface area contributed by atoms with Crippen molar-refractivity contribution in [1.29, 1.82) is 0 Å². The average molecular weight is 405 g/mol. The number of nitrogens with zero attached hydrogens (tertiary/aromatic N) is 1. The molecule has 0 fully saturated rings. The largest absolute Gasteiger partial charge is 0.497 e. The number of anilines is 3. The first-order chi connectivity index (χ1) is 13.1. The molecule has 0 saturated heterocycles. The SMILES string of the molecule is COc1ccc(N([C@@H](C)C(=O)Nc2ccc(NC(C)=O)cc2)S(C)(=O)=O)cc1. The molecule has 0 unspecified atom stereocenters. The van der Waals surface area contributed by atoms with Gasteiger partial charge in [0.2, 0.25) is 21.8 Å². The molecule has 0 aromatic heterocycles. The molecule has 8 nitrogen and oxygen atoms in total. The van der Waals surface area contributed by atoms with Crippen LogP contribution in [0.2, 0.25) is 0 Å². The lowest BCUT2D eigenvalue weighted by Crippen LogP contribution is -2.45. The summed E-state index contributed by atoms with van der Waals surface area (Å²) >= 11 is 0. The molecule has 2 rings (SSSR count). The van der Waals surface area contributed by atoms with E-state index in [1.165, 1.54) is 21.0 Å². The summed E-state index contributed by atoms with van der Waals surface area (Å²) in [6.45, 7) is 2.91. The molecule has 0 aliphatic rings. The average Bonchev–Trinajstić information content (AvgIpc) is 2.62. The van der Waals surface area contributed by atoms with Gasteiger partial charge in [0, 0.05) is 18.3 Å². The fraction of sp³-hybridized carbons (Fsp3) is 0.263. The van der Waals surface area contributed by atoms with Crippen LogP contribution in [0.25, 0.3) is 0 Å². The second-order valence-corrected chi connectivity index (χ2v) is 8.04. The fourth-order valence-electron chi connectivity index (χ4n) is 2.62. The standard InChI is InChI=1S/C19H23N3O5S/c1-13(19(24)21-16-7-5-15(6-8-16)20-14(2)23)22(28(4,25)26)17-9-11-18(27-3)12-10-17/h5-13H,1-4H3,(H,20,23)(H,21,24)/t13-/m0/s1. The number of nitrogens with one attached hydrogen (secondary N) is 2. The Hall–Kier alpha value is -3.07. The Labute approximate surface area is 164 Å². The Morgan fingerprint density at radius 3 is 1.89 bits per heavy atom. The van der Waals surface area contributed by atoms with Gasteiger partial charge in [-0.05, 0) is 55.5 Å². The van der Waals surface area contributed by atoms with E-state index in [4.69, 9.17) is 4.74 Å². The quantitative estimate of drug-likeness (QED) is 0.736. The van der Waals surface area contributed by atoms with Crippen molar-refractivity contribution in [3.8, 4) is 5.75 Å². The van der Waals surface area contributed by atoms with Gasteiger partial charge in [-0.2, -0.15) is 0 Å². The van der Waals surface area contributed by atoms with E-state index >= 15 is 0 Å². The van der Waals surface area contributed by atoms with E-state index < -0.39 is 22.0 Å². The molecule has 0 aliphatic carbocycles. The predicted octanol–water partition coefficient (Wildman–Crippen LogP) is 2.45. The molecular formula is C19H23N3O5S. The van der Waals surface area contributed by atoms with Gasteiger partial charge in [0.05, 0.1) is 19.1 Å². The maximum atomic E-state index is 12.6. The van der Waals surface area contributed by atoms with Gasteiger partial charge in [-0.3, -0.25) is 13.9 Å². The van der Waals surface area contributed by atoms with Crippen LogP contribution in [0.15, 0.2) is 48.5 Å². The van der Waals surface area contributed by atoms with Crippen molar-refractivity contribution in [2.24, 2.45) is 0 Å². The van der Waals surface area contributed by atoms with Crippen molar-refractivity contribution in [2.75, 3.05) is 28.3 Å². The van der Waals surface area contributed by atoms with Gasteiger partial charge < -0.3 is 15.4 Å². The minimum atomic E-state index is -3.71. The zero-order chi connectivity index (χ0) is 20.9. The Kier molecular flexibility index (Phi) is 6.63. The molecule has 0 aliphatic heterocycles. The van der Waals surface area contributed by atoms with Crippen molar-refractivity contribution in [2.45, 2.75) is 19.9 Å². The molecule has 0 spiro atoms. The van der Waals surface area contributed by atoms with Crippen LogP contribution in [0.3, 0.4) is 0 Å². The van der Waals surface area contributed by atoms with Crippen molar-refractivity contribution in [1.82, 2.24) is 0 Å². The summed E-state index contributed by atoms with van der Waals surface area (Å²) in [6.07, 6.45) is 1.04. The Morgan fingerprint density at radius 2 is 1.46 bits per heavy atom. The van der Waals surface area contributed by atoms with Gasteiger partial charge in [0.15, 0.2) is 0 Å². The van der Waals surface area contributed by atoms with Gasteiger partial charge in [-0.15, -0.1) is 0 Å². The number of hydrogen-bond donors (Lipinski definition) is 2. The zero-order valence-electron chi connectivity index (χ0n) is 16.1. The predicted molar refractivity (Wildman–Crippen MR) is 109 cm³/mol. The molecule has 2 amide bonds. The number of ether oxygens (including phenoxy) is 1. The van der Waals surface area contributed by atoms with E-state index in [1.54, 1.807) is 48.5 Å². The highest BCUT2D eigenvalue weighted by molar-refractivity contribution is 7.92. The zero-order valence-corrected chi connectivity index (χ0v) is 16.9. The summed E-state index contributed by atoms with van der Waals surface area (Å²) < 4.78 is 30.7. The molecular weight excluding hydrogens is 382 g/mol. The minimum absolute atomic E-state index is 0.200. The third-order valence-corrected chi connectivity index (χ3v) is 5.13. The molecule has 1 atom stereocenters. The number of carbonyl (C=O) groups is 2. The Morgan fingerprint density at radius 1 is 0.964 bits per heavy atom. The number of benzene rings is 2. The number of rotatable bonds is 7. The summed E-state index contributed by atoms with van der Waals surface area (Å²) in [5, 5.41) is 5.31. The van der Waals surface area contributed by atoms with Crippen molar-refractivity contribution >= 4 is 38.9 Å². The highest BCUT2D eigenvalue weighted by Gasteiger charge is 2.29. The molecule has 0 saturated carbocycles. The smallest absolute Gasteiger partial charge is 0.247 e. The van der Waals surface area contributed by atoms with Crippen LogP contribution in [0.5, 0.6) is 5.75 Å². The first kappa shape index (κ1) is 21.2. The first-order valence-corrected chi connectivity index (χ1v) is 10.3. The van der Waals surface area contributed by atoms with E-state index in [2.05, 4.69) is 10.6 Å². The summed E-state index contributed by atoms with van der Waals surface area (Å²) in [6, 6.07) is 11.9. The molecule has 28 heavy (non-hydrogen) atoms. The Bertz CT molecular complexity index is 941. The maximum absolute atomic E-state index is 12.6. The number of methoxy groups -OCH3 is 1. The highest BCUT2D eigenvalue weighted by atomic mass is 32.2. The van der Waals surface area contributed by atoms with E-state index in [-0.39, 0.29) is 5.91 Å². The summed E-state index contributed by atoms with van der Waals surface area (Å²) in [5.74, 6) is -0.115. The van der Waals surface area contributed by atoms with Crippen LogP contribution >= 0.6 is 0 Å². The second kappa shape index (κ2) is 8.75. The first-order valence-electron chi connectivity index (χ1n) is 8.44. The molecule has 9 heteroatoms. The molecule has 150 valence electrons. The third-order valence-electron chi connectivity index (χ3n) is 3.89. The topological polar surface area (TPSA) is 105 Å². The number of amides is 2. The molecule has 0 bridgehead atoms. The second-order valence-electron chi connectivity index (χ2n) is 6.18. The van der Waals surface area contributed by atoms with E-state index in [0.717, 1.165) is 10.6 Å². The van der Waals surface area contributed by atoms with Crippen LogP contribution < -0.4 is 19.7 Å². The summed E-state index contributed by atoms with van der Waals surface area (Å²) in [5.41, 5.74) is 1.43. The van der Waals surface area contributed by atoms with Gasteiger partial charge in [0.25, 0.3) is 0 Å². The van der Waals surface area contributed by atoms with Crippen LogP contribution in [0.4, 0.5) is 17.1 Å².